The molecule has 1 amide bonds. The molecular formula is C20H15F2N3O3S. The third kappa shape index (κ3) is 4.09. The standard InChI is InChI=1S/C20H15F2N3O3S/c21-19(22)28-12-4-1-3-11(9-12)15-10-16(26)13-5-2-6-14(17(13)24-15)18(27)25-20-23-7-8-29-20/h1-10,19-20,23H,(H,24,26)(H,25,27). The number of fused-ring (bicyclic) bond motifs is 1. The minimum Gasteiger partial charge on any atom is -0.435 e. The molecule has 1 unspecified atom stereocenters. The van der Waals surface area contributed by atoms with E-state index in [4.69, 9.17) is 0 Å². The second-order valence-electron chi connectivity index (χ2n) is 6.14. The number of halogens is 2. The number of benzene rings is 2. The number of carbonyl (C=O) groups is 1. The molecule has 0 saturated carbocycles. The first-order chi connectivity index (χ1) is 14.0. The van der Waals surface area contributed by atoms with E-state index < -0.39 is 6.61 Å². The highest BCUT2D eigenvalue weighted by Gasteiger charge is 2.18. The van der Waals surface area contributed by atoms with Crippen LogP contribution in [0.15, 0.2) is 64.9 Å². The molecule has 148 valence electrons. The summed E-state index contributed by atoms with van der Waals surface area (Å²) in [5, 5.41) is 7.98. The zero-order chi connectivity index (χ0) is 20.4. The summed E-state index contributed by atoms with van der Waals surface area (Å²) in [5.74, 6) is -0.381. The van der Waals surface area contributed by atoms with Gasteiger partial charge >= 0.3 is 6.61 Å². The van der Waals surface area contributed by atoms with Crippen molar-refractivity contribution in [1.82, 2.24) is 15.6 Å². The van der Waals surface area contributed by atoms with Crippen LogP contribution in [0.4, 0.5) is 8.78 Å². The molecule has 29 heavy (non-hydrogen) atoms. The van der Waals surface area contributed by atoms with E-state index in [1.54, 1.807) is 36.5 Å². The van der Waals surface area contributed by atoms with Gasteiger partial charge in [0.25, 0.3) is 5.91 Å². The summed E-state index contributed by atoms with van der Waals surface area (Å²) in [6, 6.07) is 12.2. The maximum atomic E-state index is 12.7. The molecule has 9 heteroatoms. The van der Waals surface area contributed by atoms with Crippen LogP contribution in [0.3, 0.4) is 0 Å². The quantitative estimate of drug-likeness (QED) is 0.593. The van der Waals surface area contributed by atoms with Gasteiger partial charge in [0.1, 0.15) is 5.75 Å². The number of ether oxygens (including phenoxy) is 1. The van der Waals surface area contributed by atoms with Gasteiger partial charge < -0.3 is 20.4 Å². The number of para-hydroxylation sites is 1. The Labute approximate surface area is 168 Å². The number of alkyl halides is 2. The molecule has 2 heterocycles. The molecule has 2 aromatic carbocycles. The van der Waals surface area contributed by atoms with Crippen molar-refractivity contribution in [2.45, 2.75) is 12.1 Å². The SMILES string of the molecule is O=C(NC1NC=CS1)c1cccc2c(=O)cc(-c3cccc(OC(F)F)c3)[nH]c12. The average molecular weight is 415 g/mol. The monoisotopic (exact) mass is 415 g/mol. The first-order valence-electron chi connectivity index (χ1n) is 8.60. The molecule has 1 aliphatic rings. The molecular weight excluding hydrogens is 400 g/mol. The molecule has 0 fully saturated rings. The summed E-state index contributed by atoms with van der Waals surface area (Å²) in [6.07, 6.45) is 1.73. The molecule has 3 aromatic rings. The van der Waals surface area contributed by atoms with E-state index in [2.05, 4.69) is 20.4 Å². The highest BCUT2D eigenvalue weighted by atomic mass is 32.2. The van der Waals surface area contributed by atoms with Gasteiger partial charge in [-0.3, -0.25) is 9.59 Å². The maximum Gasteiger partial charge on any atom is 0.387 e. The average Bonchev–Trinajstić information content (AvgIpc) is 3.20. The molecule has 0 aliphatic carbocycles. The molecule has 3 N–H and O–H groups in total. The molecule has 0 radical (unpaired) electrons. The Balaban J connectivity index is 1.75. The number of H-pyrrole nitrogens is 1. The number of hydrogen-bond donors (Lipinski definition) is 3. The number of aromatic amines is 1. The zero-order valence-electron chi connectivity index (χ0n) is 14.8. The Morgan fingerprint density at radius 3 is 2.76 bits per heavy atom. The molecule has 0 saturated heterocycles. The molecule has 0 spiro atoms. The normalized spacial score (nSPS) is 15.5. The number of thioether (sulfide) groups is 1. The van der Waals surface area contributed by atoms with Crippen molar-refractivity contribution in [2.75, 3.05) is 0 Å². The minimum atomic E-state index is -2.95. The maximum absolute atomic E-state index is 12.7. The van der Waals surface area contributed by atoms with Crippen molar-refractivity contribution in [3.63, 3.8) is 0 Å². The predicted molar refractivity (Wildman–Crippen MR) is 108 cm³/mol. The predicted octanol–water partition coefficient (Wildman–Crippen LogP) is 3.62. The van der Waals surface area contributed by atoms with Crippen LogP contribution in [0.2, 0.25) is 0 Å². The number of pyridine rings is 1. The van der Waals surface area contributed by atoms with E-state index in [-0.39, 0.29) is 22.6 Å². The molecule has 1 atom stereocenters. The topological polar surface area (TPSA) is 83.2 Å². The van der Waals surface area contributed by atoms with Crippen LogP contribution in [-0.4, -0.2) is 23.0 Å². The van der Waals surface area contributed by atoms with Crippen molar-refractivity contribution in [2.24, 2.45) is 0 Å². The van der Waals surface area contributed by atoms with Crippen LogP contribution in [0.1, 0.15) is 10.4 Å². The Bertz CT molecular complexity index is 1160. The summed E-state index contributed by atoms with van der Waals surface area (Å²) in [4.78, 5) is 28.4. The lowest BCUT2D eigenvalue weighted by atomic mass is 10.1. The van der Waals surface area contributed by atoms with E-state index in [9.17, 15) is 18.4 Å². The van der Waals surface area contributed by atoms with Gasteiger partial charge in [0.2, 0.25) is 0 Å². The third-order valence-electron chi connectivity index (χ3n) is 4.27. The number of rotatable bonds is 5. The van der Waals surface area contributed by atoms with Gasteiger partial charge in [-0.05, 0) is 29.7 Å². The van der Waals surface area contributed by atoms with Gasteiger partial charge in [0.05, 0.1) is 11.1 Å². The van der Waals surface area contributed by atoms with Gasteiger partial charge in [-0.1, -0.05) is 30.0 Å². The summed E-state index contributed by atoms with van der Waals surface area (Å²) in [5.41, 5.74) is 0.945. The van der Waals surface area contributed by atoms with E-state index >= 15 is 0 Å². The number of hydrogen-bond acceptors (Lipinski definition) is 5. The second kappa shape index (κ2) is 7.96. The molecule has 4 rings (SSSR count). The van der Waals surface area contributed by atoms with Gasteiger partial charge in [0.15, 0.2) is 10.9 Å². The van der Waals surface area contributed by atoms with Crippen LogP contribution in [0.5, 0.6) is 5.75 Å². The van der Waals surface area contributed by atoms with E-state index in [1.807, 2.05) is 5.41 Å². The molecule has 6 nitrogen and oxygen atoms in total. The van der Waals surface area contributed by atoms with Crippen molar-refractivity contribution >= 4 is 28.6 Å². The van der Waals surface area contributed by atoms with E-state index in [1.165, 1.54) is 30.0 Å². The molecule has 0 bridgehead atoms. The molecule has 1 aliphatic heterocycles. The van der Waals surface area contributed by atoms with Gasteiger partial charge in [-0.25, -0.2) is 0 Å². The Morgan fingerprint density at radius 2 is 2.00 bits per heavy atom. The van der Waals surface area contributed by atoms with Gasteiger partial charge in [0, 0.05) is 28.9 Å². The molecule has 1 aromatic heterocycles. The summed E-state index contributed by atoms with van der Waals surface area (Å²) < 4.78 is 29.4. The lowest BCUT2D eigenvalue weighted by Crippen LogP contribution is -2.38. The van der Waals surface area contributed by atoms with Crippen LogP contribution >= 0.6 is 11.8 Å². The minimum absolute atomic E-state index is 0.0266. The highest BCUT2D eigenvalue weighted by Crippen LogP contribution is 2.25. The van der Waals surface area contributed by atoms with Crippen LogP contribution in [0, 0.1) is 0 Å². The van der Waals surface area contributed by atoms with Crippen molar-refractivity contribution < 1.29 is 18.3 Å². The zero-order valence-corrected chi connectivity index (χ0v) is 15.6. The van der Waals surface area contributed by atoms with Crippen molar-refractivity contribution in [3.8, 4) is 17.0 Å². The van der Waals surface area contributed by atoms with Crippen LogP contribution < -0.4 is 20.8 Å². The Kier molecular flexibility index (Phi) is 5.22. The number of carbonyl (C=O) groups excluding carboxylic acids is 1. The summed E-state index contributed by atoms with van der Waals surface area (Å²) >= 11 is 1.41. The van der Waals surface area contributed by atoms with Crippen molar-refractivity contribution in [3.05, 3.63) is 75.9 Å². The van der Waals surface area contributed by atoms with Crippen LogP contribution in [-0.2, 0) is 0 Å². The Hall–Kier alpha value is -3.33. The third-order valence-corrected chi connectivity index (χ3v) is 5.09. The fraction of sp³-hybridized carbons (Fsp3) is 0.100. The fourth-order valence-corrected chi connectivity index (χ4v) is 3.66. The largest absolute Gasteiger partial charge is 0.435 e. The lowest BCUT2D eigenvalue weighted by molar-refractivity contribution is -0.0498. The number of nitrogens with one attached hydrogen (secondary N) is 3. The fourth-order valence-electron chi connectivity index (χ4n) is 3.01. The summed E-state index contributed by atoms with van der Waals surface area (Å²) in [7, 11) is 0. The first kappa shape index (κ1) is 19.0. The number of aromatic nitrogens is 1. The Morgan fingerprint density at radius 1 is 1.17 bits per heavy atom. The smallest absolute Gasteiger partial charge is 0.387 e. The van der Waals surface area contributed by atoms with E-state index in [0.29, 0.717) is 27.7 Å². The first-order valence-corrected chi connectivity index (χ1v) is 9.54. The highest BCUT2D eigenvalue weighted by molar-refractivity contribution is 8.02. The lowest BCUT2D eigenvalue weighted by Gasteiger charge is -2.14. The van der Waals surface area contributed by atoms with E-state index in [0.717, 1.165) is 0 Å². The van der Waals surface area contributed by atoms with Crippen molar-refractivity contribution in [1.29, 1.82) is 0 Å². The van der Waals surface area contributed by atoms with Gasteiger partial charge in [-0.15, -0.1) is 0 Å². The van der Waals surface area contributed by atoms with Crippen LogP contribution in [0.25, 0.3) is 22.2 Å². The van der Waals surface area contributed by atoms with Gasteiger partial charge in [-0.2, -0.15) is 8.78 Å². The second-order valence-corrected chi connectivity index (χ2v) is 7.16. The summed E-state index contributed by atoms with van der Waals surface area (Å²) in [6.45, 7) is -2.95. The number of amides is 1.